The van der Waals surface area contributed by atoms with Gasteiger partial charge in [0.2, 0.25) is 0 Å². The van der Waals surface area contributed by atoms with Gasteiger partial charge in [0.1, 0.15) is 6.10 Å². The molecule has 0 unspecified atom stereocenters. The van der Waals surface area contributed by atoms with Crippen LogP contribution < -0.4 is 10.5 Å². The highest BCUT2D eigenvalue weighted by Crippen LogP contribution is 2.38. The van der Waals surface area contributed by atoms with Crippen molar-refractivity contribution in [3.63, 3.8) is 0 Å². The van der Waals surface area contributed by atoms with Gasteiger partial charge in [-0.1, -0.05) is 37.6 Å². The van der Waals surface area contributed by atoms with E-state index in [-0.39, 0.29) is 6.10 Å². The maximum absolute atomic E-state index is 6.42. The second-order valence-electron chi connectivity index (χ2n) is 9.41. The number of hydrogen-bond acceptors (Lipinski definition) is 5. The minimum atomic E-state index is -0.228. The van der Waals surface area contributed by atoms with Crippen LogP contribution >= 0.6 is 0 Å². The Balaban J connectivity index is 1.78. The first-order valence-electron chi connectivity index (χ1n) is 11.4. The number of nitrogen functional groups attached to an aromatic ring is 1. The number of nitrogens with zero attached hydrogens (tertiary/aromatic N) is 5. The van der Waals surface area contributed by atoms with Crippen molar-refractivity contribution in [1.82, 2.24) is 24.5 Å². The van der Waals surface area contributed by atoms with Gasteiger partial charge >= 0.3 is 0 Å². The molecule has 1 aliphatic rings. The molecule has 0 saturated carbocycles. The highest BCUT2D eigenvalue weighted by Gasteiger charge is 2.24. The summed E-state index contributed by atoms with van der Waals surface area (Å²) >= 11 is 0. The van der Waals surface area contributed by atoms with Crippen LogP contribution in [0, 0.1) is 12.8 Å². The van der Waals surface area contributed by atoms with Crippen molar-refractivity contribution in [1.29, 1.82) is 0 Å². The highest BCUT2D eigenvalue weighted by atomic mass is 16.5. The smallest absolute Gasteiger partial charge is 0.166 e. The quantitative estimate of drug-likeness (QED) is 0.476. The summed E-state index contributed by atoms with van der Waals surface area (Å²) in [6.07, 6.45) is 6.38. The van der Waals surface area contributed by atoms with E-state index < -0.39 is 0 Å². The number of aromatic nitrogens is 5. The number of rotatable bonds is 2. The van der Waals surface area contributed by atoms with Crippen LogP contribution in [0.1, 0.15) is 49.1 Å². The Hall–Kier alpha value is -3.61. The summed E-state index contributed by atoms with van der Waals surface area (Å²) in [4.78, 5) is 4.48. The van der Waals surface area contributed by atoms with Gasteiger partial charge in [0.15, 0.2) is 11.6 Å². The van der Waals surface area contributed by atoms with Crippen molar-refractivity contribution in [3.05, 3.63) is 65.1 Å². The molecule has 4 aromatic rings. The lowest BCUT2D eigenvalue weighted by Crippen LogP contribution is -2.11. The monoisotopic (exact) mass is 442 g/mol. The molecule has 3 aromatic heterocycles. The van der Waals surface area contributed by atoms with Gasteiger partial charge in [-0.3, -0.25) is 9.36 Å². The molecule has 170 valence electrons. The molecule has 1 aliphatic heterocycles. The lowest BCUT2D eigenvalue weighted by atomic mass is 9.93. The SMILES string of the molecule is Cc1ccc2c(c1)[C@@H](C)Oc1cc(cnc1N)-c1c(cnn1CC(C)C)Cc1cn(C)nc1-2. The molecule has 33 heavy (non-hydrogen) atoms. The van der Waals surface area contributed by atoms with Crippen molar-refractivity contribution in [2.24, 2.45) is 13.0 Å². The third-order valence-electron chi connectivity index (χ3n) is 6.10. The lowest BCUT2D eigenvalue weighted by Gasteiger charge is -2.21. The van der Waals surface area contributed by atoms with Gasteiger partial charge in [0.05, 0.1) is 17.6 Å². The Bertz CT molecular complexity index is 1330. The van der Waals surface area contributed by atoms with E-state index in [2.05, 4.69) is 54.8 Å². The van der Waals surface area contributed by atoms with Gasteiger partial charge in [0, 0.05) is 60.2 Å². The van der Waals surface area contributed by atoms with Crippen molar-refractivity contribution in [3.8, 4) is 28.3 Å². The topological polar surface area (TPSA) is 83.8 Å². The number of nitrogens with two attached hydrogens (primary N) is 1. The maximum atomic E-state index is 6.42. The summed E-state index contributed by atoms with van der Waals surface area (Å²) in [7, 11) is 1.97. The van der Waals surface area contributed by atoms with E-state index in [0.717, 1.165) is 52.2 Å². The van der Waals surface area contributed by atoms with Gasteiger partial charge in [-0.05, 0) is 25.8 Å². The fraction of sp³-hybridized carbons (Fsp3) is 0.346. The van der Waals surface area contributed by atoms with Crippen molar-refractivity contribution >= 4 is 5.82 Å². The van der Waals surface area contributed by atoms with Crippen LogP contribution in [-0.4, -0.2) is 24.5 Å². The molecule has 2 bridgehead atoms. The Kier molecular flexibility index (Phi) is 5.19. The maximum Gasteiger partial charge on any atom is 0.166 e. The number of aryl methyl sites for hydroxylation is 2. The molecule has 0 saturated heterocycles. The molecular formula is C26H30N6O. The number of ether oxygens (including phenoxy) is 1. The number of pyridine rings is 1. The summed E-state index contributed by atoms with van der Waals surface area (Å²) in [5, 5.41) is 9.60. The lowest BCUT2D eigenvalue weighted by molar-refractivity contribution is 0.228. The van der Waals surface area contributed by atoms with E-state index in [9.17, 15) is 0 Å². The Labute approximate surface area is 194 Å². The molecular weight excluding hydrogens is 412 g/mol. The molecule has 0 radical (unpaired) electrons. The predicted molar refractivity (Wildman–Crippen MR) is 130 cm³/mol. The largest absolute Gasteiger partial charge is 0.482 e. The zero-order chi connectivity index (χ0) is 23.3. The van der Waals surface area contributed by atoms with Crippen LogP contribution in [0.3, 0.4) is 0 Å². The van der Waals surface area contributed by atoms with Gasteiger partial charge in [-0.15, -0.1) is 0 Å². The average Bonchev–Trinajstić information content (AvgIpc) is 3.31. The van der Waals surface area contributed by atoms with Crippen LogP contribution in [-0.2, 0) is 20.0 Å². The van der Waals surface area contributed by atoms with Gasteiger partial charge in [-0.25, -0.2) is 4.98 Å². The number of anilines is 1. The van der Waals surface area contributed by atoms with Crippen molar-refractivity contribution in [2.45, 2.75) is 46.8 Å². The Morgan fingerprint density at radius 3 is 2.79 bits per heavy atom. The van der Waals surface area contributed by atoms with Crippen LogP contribution in [0.15, 0.2) is 42.9 Å². The van der Waals surface area contributed by atoms with Crippen LogP contribution in [0.25, 0.3) is 22.5 Å². The van der Waals surface area contributed by atoms with E-state index in [0.29, 0.717) is 17.5 Å². The predicted octanol–water partition coefficient (Wildman–Crippen LogP) is 4.94. The Morgan fingerprint density at radius 2 is 2.00 bits per heavy atom. The molecule has 7 heteroatoms. The third-order valence-corrected chi connectivity index (χ3v) is 6.10. The molecule has 0 spiro atoms. The zero-order valence-electron chi connectivity index (χ0n) is 19.8. The van der Waals surface area contributed by atoms with E-state index in [4.69, 9.17) is 20.7 Å². The normalized spacial score (nSPS) is 15.2. The first kappa shape index (κ1) is 21.2. The van der Waals surface area contributed by atoms with Crippen molar-refractivity contribution < 1.29 is 4.74 Å². The Morgan fingerprint density at radius 1 is 1.18 bits per heavy atom. The zero-order valence-corrected chi connectivity index (χ0v) is 19.8. The minimum Gasteiger partial charge on any atom is -0.482 e. The van der Waals surface area contributed by atoms with E-state index in [1.165, 1.54) is 5.56 Å². The van der Waals surface area contributed by atoms with Crippen LogP contribution in [0.2, 0.25) is 0 Å². The second kappa shape index (κ2) is 8.06. The summed E-state index contributed by atoms with van der Waals surface area (Å²) in [6.45, 7) is 9.34. The van der Waals surface area contributed by atoms with E-state index >= 15 is 0 Å². The highest BCUT2D eigenvalue weighted by molar-refractivity contribution is 5.72. The molecule has 5 rings (SSSR count). The standard InChI is InChI=1S/C26H30N6O/c1-15(2)13-32-25-18(12-29-32)9-20-14-31(5)30-24(20)21-7-6-16(3)8-22(21)17(4)33-23-10-19(25)11-28-26(23)27/h6-8,10-12,14-15,17H,9,13H2,1-5H3,(H2,27,28)/t17-/m1/s1. The molecule has 0 amide bonds. The molecule has 1 atom stereocenters. The molecule has 7 nitrogen and oxygen atoms in total. The summed E-state index contributed by atoms with van der Waals surface area (Å²) in [5.74, 6) is 1.42. The van der Waals surface area contributed by atoms with Gasteiger partial charge in [-0.2, -0.15) is 10.2 Å². The molecule has 0 fully saturated rings. The first-order chi connectivity index (χ1) is 15.8. The van der Waals surface area contributed by atoms with Gasteiger partial charge in [0.25, 0.3) is 0 Å². The minimum absolute atomic E-state index is 0.228. The average molecular weight is 443 g/mol. The van der Waals surface area contributed by atoms with Crippen molar-refractivity contribution in [2.75, 3.05) is 5.73 Å². The molecule has 2 N–H and O–H groups in total. The van der Waals surface area contributed by atoms with Crippen LogP contribution in [0.4, 0.5) is 5.82 Å². The second-order valence-corrected chi connectivity index (χ2v) is 9.41. The summed E-state index contributed by atoms with van der Waals surface area (Å²) in [5.41, 5.74) is 14.8. The number of fused-ring (bicyclic) bond motifs is 7. The first-order valence-corrected chi connectivity index (χ1v) is 11.4. The molecule has 4 heterocycles. The fourth-order valence-corrected chi connectivity index (χ4v) is 4.64. The summed E-state index contributed by atoms with van der Waals surface area (Å²) in [6, 6.07) is 8.43. The summed E-state index contributed by atoms with van der Waals surface area (Å²) < 4.78 is 10.4. The van der Waals surface area contributed by atoms with E-state index in [1.807, 2.05) is 37.1 Å². The number of hydrogen-bond donors (Lipinski definition) is 1. The van der Waals surface area contributed by atoms with E-state index in [1.54, 1.807) is 0 Å². The van der Waals surface area contributed by atoms with Gasteiger partial charge < -0.3 is 10.5 Å². The van der Waals surface area contributed by atoms with Crippen LogP contribution in [0.5, 0.6) is 5.75 Å². The fourth-order valence-electron chi connectivity index (χ4n) is 4.64. The number of benzene rings is 1. The molecule has 1 aromatic carbocycles. The molecule has 0 aliphatic carbocycles. The third kappa shape index (κ3) is 3.88.